The van der Waals surface area contributed by atoms with Gasteiger partial charge in [0.2, 0.25) is 0 Å². The lowest BCUT2D eigenvalue weighted by Gasteiger charge is -2.18. The van der Waals surface area contributed by atoms with E-state index in [4.69, 9.17) is 14.2 Å². The van der Waals surface area contributed by atoms with E-state index in [1.165, 1.54) is 186 Å². The molecule has 0 aliphatic rings. The maximum absolute atomic E-state index is 12.8. The van der Waals surface area contributed by atoms with E-state index in [0.717, 1.165) is 64.2 Å². The molecule has 0 aromatic rings. The molecule has 0 radical (unpaired) electrons. The van der Waals surface area contributed by atoms with E-state index in [9.17, 15) is 14.4 Å². The van der Waals surface area contributed by atoms with Crippen LogP contribution in [0.5, 0.6) is 0 Å². The standard InChI is InChI=1S/C53H100O6/c1-4-7-10-13-16-19-22-25-26-29-32-35-38-41-44-47-53(56)59-50(48-57-51(54)45-42-39-36-33-30-27-23-20-17-14-11-8-5-2)49-58-52(55)46-43-40-37-34-31-28-24-21-18-15-12-9-6-3/h20,23,50H,4-19,21-22,24-49H2,1-3H3/b23-20-/t50-/m1/s1. The monoisotopic (exact) mass is 833 g/mol. The number of hydrogen-bond acceptors (Lipinski definition) is 6. The molecule has 348 valence electrons. The lowest BCUT2D eigenvalue weighted by atomic mass is 10.0. The van der Waals surface area contributed by atoms with Gasteiger partial charge in [-0.05, 0) is 44.9 Å². The quantitative estimate of drug-likeness (QED) is 0.0263. The second-order valence-corrected chi connectivity index (χ2v) is 17.8. The average molecular weight is 833 g/mol. The first-order valence-corrected chi connectivity index (χ1v) is 26.2. The highest BCUT2D eigenvalue weighted by Gasteiger charge is 2.19. The SMILES string of the molecule is CCCCCC/C=C\CCCCCCCC(=O)OC[C@H](COC(=O)CCCCCCCCCCCCCCC)OC(=O)CCCCCCCCCCCCCCCCC. The first-order chi connectivity index (χ1) is 29.0. The molecule has 0 saturated heterocycles. The summed E-state index contributed by atoms with van der Waals surface area (Å²) in [6, 6.07) is 0. The normalized spacial score (nSPS) is 12.0. The second-order valence-electron chi connectivity index (χ2n) is 17.8. The van der Waals surface area contributed by atoms with Crippen molar-refractivity contribution >= 4 is 17.9 Å². The van der Waals surface area contributed by atoms with Crippen molar-refractivity contribution in [1.29, 1.82) is 0 Å². The zero-order valence-electron chi connectivity index (χ0n) is 39.8. The Kier molecular flexibility index (Phi) is 47.3. The molecule has 0 aromatic carbocycles. The highest BCUT2D eigenvalue weighted by molar-refractivity contribution is 5.71. The summed E-state index contributed by atoms with van der Waals surface area (Å²) in [5, 5.41) is 0. The molecule has 0 unspecified atom stereocenters. The van der Waals surface area contributed by atoms with Crippen LogP contribution in [0.25, 0.3) is 0 Å². The fourth-order valence-corrected chi connectivity index (χ4v) is 7.79. The van der Waals surface area contributed by atoms with Gasteiger partial charge in [0.1, 0.15) is 13.2 Å². The summed E-state index contributed by atoms with van der Waals surface area (Å²) in [5.74, 6) is -0.859. The van der Waals surface area contributed by atoms with Gasteiger partial charge in [0, 0.05) is 19.3 Å². The number of hydrogen-bond donors (Lipinski definition) is 0. The molecular weight excluding hydrogens is 733 g/mol. The molecule has 0 amide bonds. The van der Waals surface area contributed by atoms with Gasteiger partial charge in [-0.25, -0.2) is 0 Å². The smallest absolute Gasteiger partial charge is 0.306 e. The van der Waals surface area contributed by atoms with Crippen LogP contribution in [0.2, 0.25) is 0 Å². The summed E-state index contributed by atoms with van der Waals surface area (Å²) >= 11 is 0. The Labute approximate surface area is 367 Å². The third-order valence-electron chi connectivity index (χ3n) is 11.8. The van der Waals surface area contributed by atoms with Crippen LogP contribution in [-0.2, 0) is 28.6 Å². The Hall–Kier alpha value is -1.85. The summed E-state index contributed by atoms with van der Waals surface area (Å²) in [6.45, 7) is 6.65. The Morgan fingerprint density at radius 1 is 0.322 bits per heavy atom. The van der Waals surface area contributed by atoms with Crippen LogP contribution in [0.15, 0.2) is 12.2 Å². The fourth-order valence-electron chi connectivity index (χ4n) is 7.79. The largest absolute Gasteiger partial charge is 0.462 e. The van der Waals surface area contributed by atoms with Crippen molar-refractivity contribution in [2.24, 2.45) is 0 Å². The Balaban J connectivity index is 4.33. The minimum absolute atomic E-state index is 0.0671. The second kappa shape index (κ2) is 48.8. The lowest BCUT2D eigenvalue weighted by Crippen LogP contribution is -2.30. The molecule has 0 saturated carbocycles. The maximum atomic E-state index is 12.8. The number of rotatable bonds is 48. The summed E-state index contributed by atoms with van der Waals surface area (Å²) in [7, 11) is 0. The van der Waals surface area contributed by atoms with Crippen molar-refractivity contribution < 1.29 is 28.6 Å². The van der Waals surface area contributed by atoms with Gasteiger partial charge in [-0.3, -0.25) is 14.4 Å². The van der Waals surface area contributed by atoms with Gasteiger partial charge in [0.25, 0.3) is 0 Å². The molecule has 0 aliphatic heterocycles. The molecule has 6 heteroatoms. The predicted molar refractivity (Wildman–Crippen MR) is 252 cm³/mol. The van der Waals surface area contributed by atoms with Crippen molar-refractivity contribution in [2.75, 3.05) is 13.2 Å². The number of esters is 3. The van der Waals surface area contributed by atoms with Gasteiger partial charge in [-0.15, -0.1) is 0 Å². The summed E-state index contributed by atoms with van der Waals surface area (Å²) in [6.07, 6.45) is 53.3. The van der Waals surface area contributed by atoms with E-state index in [0.29, 0.717) is 19.3 Å². The van der Waals surface area contributed by atoms with Crippen molar-refractivity contribution in [3.05, 3.63) is 12.2 Å². The molecule has 59 heavy (non-hydrogen) atoms. The van der Waals surface area contributed by atoms with Gasteiger partial charge in [0.05, 0.1) is 0 Å². The average Bonchev–Trinajstić information content (AvgIpc) is 3.23. The van der Waals surface area contributed by atoms with Crippen LogP contribution in [0.3, 0.4) is 0 Å². The number of ether oxygens (including phenoxy) is 3. The molecule has 0 heterocycles. The minimum atomic E-state index is -0.766. The van der Waals surface area contributed by atoms with Crippen LogP contribution in [0.4, 0.5) is 0 Å². The van der Waals surface area contributed by atoms with Crippen LogP contribution in [0, 0.1) is 0 Å². The summed E-state index contributed by atoms with van der Waals surface area (Å²) in [4.78, 5) is 37.9. The molecule has 0 fully saturated rings. The van der Waals surface area contributed by atoms with E-state index < -0.39 is 6.10 Å². The van der Waals surface area contributed by atoms with Gasteiger partial charge < -0.3 is 14.2 Å². The van der Waals surface area contributed by atoms with Crippen LogP contribution in [-0.4, -0.2) is 37.2 Å². The molecule has 0 spiro atoms. The Bertz CT molecular complexity index is 916. The number of allylic oxidation sites excluding steroid dienone is 2. The molecule has 0 bridgehead atoms. The predicted octanol–water partition coefficient (Wildman–Crippen LogP) is 17.0. The molecule has 0 aromatic heterocycles. The number of carbonyl (C=O) groups excluding carboxylic acids is 3. The highest BCUT2D eigenvalue weighted by Crippen LogP contribution is 2.16. The maximum Gasteiger partial charge on any atom is 0.306 e. The van der Waals surface area contributed by atoms with Gasteiger partial charge in [-0.1, -0.05) is 238 Å². The Morgan fingerprint density at radius 2 is 0.559 bits per heavy atom. The first kappa shape index (κ1) is 57.1. The zero-order valence-corrected chi connectivity index (χ0v) is 39.8. The van der Waals surface area contributed by atoms with Crippen molar-refractivity contribution in [3.8, 4) is 0 Å². The first-order valence-electron chi connectivity index (χ1n) is 26.2. The highest BCUT2D eigenvalue weighted by atomic mass is 16.6. The van der Waals surface area contributed by atoms with Crippen molar-refractivity contribution in [3.63, 3.8) is 0 Å². The number of unbranched alkanes of at least 4 members (excludes halogenated alkanes) is 35. The summed E-state index contributed by atoms with van der Waals surface area (Å²) in [5.41, 5.74) is 0. The summed E-state index contributed by atoms with van der Waals surface area (Å²) < 4.78 is 16.8. The van der Waals surface area contributed by atoms with Crippen LogP contribution in [0.1, 0.15) is 290 Å². The topological polar surface area (TPSA) is 78.9 Å². The molecular formula is C53H100O6. The third-order valence-corrected chi connectivity index (χ3v) is 11.8. The minimum Gasteiger partial charge on any atom is -0.462 e. The molecule has 0 rings (SSSR count). The van der Waals surface area contributed by atoms with Crippen molar-refractivity contribution in [2.45, 2.75) is 297 Å². The third kappa shape index (κ3) is 47.1. The molecule has 6 nitrogen and oxygen atoms in total. The van der Waals surface area contributed by atoms with Gasteiger partial charge in [-0.2, -0.15) is 0 Å². The van der Waals surface area contributed by atoms with Gasteiger partial charge >= 0.3 is 17.9 Å². The van der Waals surface area contributed by atoms with Crippen LogP contribution < -0.4 is 0 Å². The van der Waals surface area contributed by atoms with E-state index in [1.807, 2.05) is 0 Å². The van der Waals surface area contributed by atoms with E-state index in [1.54, 1.807) is 0 Å². The zero-order chi connectivity index (χ0) is 43.0. The van der Waals surface area contributed by atoms with Crippen LogP contribution >= 0.6 is 0 Å². The van der Waals surface area contributed by atoms with E-state index >= 15 is 0 Å². The lowest BCUT2D eigenvalue weighted by molar-refractivity contribution is -0.167. The molecule has 0 aliphatic carbocycles. The number of carbonyl (C=O) groups is 3. The Morgan fingerprint density at radius 3 is 0.864 bits per heavy atom. The van der Waals surface area contributed by atoms with Gasteiger partial charge in [0.15, 0.2) is 6.10 Å². The molecule has 1 atom stereocenters. The molecule has 0 N–H and O–H groups in total. The van der Waals surface area contributed by atoms with Crippen molar-refractivity contribution in [1.82, 2.24) is 0 Å². The van der Waals surface area contributed by atoms with E-state index in [-0.39, 0.29) is 31.1 Å². The fraction of sp³-hybridized carbons (Fsp3) is 0.906. The van der Waals surface area contributed by atoms with E-state index in [2.05, 4.69) is 32.9 Å².